The number of hydrogen-bond acceptors (Lipinski definition) is 2. The Morgan fingerprint density at radius 3 is 2.60 bits per heavy atom. The molecule has 1 aromatic carbocycles. The van der Waals surface area contributed by atoms with Crippen molar-refractivity contribution < 1.29 is 0 Å². The van der Waals surface area contributed by atoms with Crippen LogP contribution in [-0.2, 0) is 0 Å². The van der Waals surface area contributed by atoms with Crippen LogP contribution in [-0.4, -0.2) is 26.1 Å². The molecule has 0 radical (unpaired) electrons. The average molecular weight is 348 g/mol. The molecule has 2 atom stereocenters. The fourth-order valence-electron chi connectivity index (χ4n) is 3.46. The number of rotatable bonds is 4. The monoisotopic (exact) mass is 348 g/mol. The number of likely N-dealkylation sites (N-methyl/N-ethyl adjacent to an activating group) is 1. The highest BCUT2D eigenvalue weighted by atomic mass is 32.1. The number of thiocarbonyl (C=S) groups is 1. The molecule has 1 fully saturated rings. The smallest absolute Gasteiger partial charge is 0.170 e. The van der Waals surface area contributed by atoms with E-state index in [-0.39, 0.29) is 12.1 Å². The zero-order valence-corrected chi connectivity index (χ0v) is 14.9. The highest BCUT2D eigenvalue weighted by Gasteiger charge is 2.39. The summed E-state index contributed by atoms with van der Waals surface area (Å²) in [4.78, 5) is 6.78. The predicted molar refractivity (Wildman–Crippen MR) is 104 cm³/mol. The maximum atomic E-state index is 5.57. The lowest BCUT2D eigenvalue weighted by Crippen LogP contribution is -2.29. The Morgan fingerprint density at radius 1 is 1.08 bits per heavy atom. The Balaban J connectivity index is 1.73. The Hall–Kier alpha value is -2.66. The summed E-state index contributed by atoms with van der Waals surface area (Å²) in [7, 11) is 0. The molecule has 0 unspecified atom stereocenters. The van der Waals surface area contributed by atoms with Gasteiger partial charge in [0.2, 0.25) is 0 Å². The Kier molecular flexibility index (Phi) is 4.24. The molecule has 1 aliphatic rings. The molecule has 0 bridgehead atoms. The molecule has 5 heteroatoms. The van der Waals surface area contributed by atoms with Crippen molar-refractivity contribution in [1.29, 1.82) is 0 Å². The summed E-state index contributed by atoms with van der Waals surface area (Å²) in [6, 6.07) is 18.7. The van der Waals surface area contributed by atoms with Gasteiger partial charge < -0.3 is 14.8 Å². The third-order valence-corrected chi connectivity index (χ3v) is 5.00. The number of aromatic nitrogens is 2. The molecule has 4 rings (SSSR count). The molecule has 0 saturated carbocycles. The van der Waals surface area contributed by atoms with Gasteiger partial charge in [0.25, 0.3) is 0 Å². The standard InChI is InChI=1S/C20H20N4S/c1-2-24-19(18(22-20(24)25)17-10-6-7-12-21-17)15-11-13-23(14-15)16-8-4-3-5-9-16/h3-14,18-19H,2H2,1H3,(H,22,25)/t18-,19+/m0/s1. The van der Waals surface area contributed by atoms with Crippen molar-refractivity contribution >= 4 is 17.3 Å². The van der Waals surface area contributed by atoms with Crippen molar-refractivity contribution in [2.75, 3.05) is 6.54 Å². The quantitative estimate of drug-likeness (QED) is 0.726. The summed E-state index contributed by atoms with van der Waals surface area (Å²) >= 11 is 5.57. The molecule has 3 heterocycles. The van der Waals surface area contributed by atoms with E-state index in [4.69, 9.17) is 12.2 Å². The topological polar surface area (TPSA) is 33.1 Å². The average Bonchev–Trinajstić information content (AvgIpc) is 3.27. The van der Waals surface area contributed by atoms with Crippen LogP contribution in [0.5, 0.6) is 0 Å². The summed E-state index contributed by atoms with van der Waals surface area (Å²) in [6.07, 6.45) is 6.13. The molecule has 2 aromatic heterocycles. The highest BCUT2D eigenvalue weighted by Crippen LogP contribution is 2.38. The summed E-state index contributed by atoms with van der Waals surface area (Å²) < 4.78 is 2.15. The molecule has 1 aliphatic heterocycles. The molecule has 3 aromatic rings. The van der Waals surface area contributed by atoms with Gasteiger partial charge in [0.05, 0.1) is 17.8 Å². The summed E-state index contributed by atoms with van der Waals surface area (Å²) in [5, 5.41) is 4.24. The summed E-state index contributed by atoms with van der Waals surface area (Å²) in [6.45, 7) is 2.99. The van der Waals surface area contributed by atoms with Crippen LogP contribution in [0.2, 0.25) is 0 Å². The number of para-hydroxylation sites is 1. The van der Waals surface area contributed by atoms with Crippen molar-refractivity contribution in [2.24, 2.45) is 0 Å². The first-order valence-electron chi connectivity index (χ1n) is 8.49. The lowest BCUT2D eigenvalue weighted by molar-refractivity contribution is 0.331. The summed E-state index contributed by atoms with van der Waals surface area (Å²) in [5.41, 5.74) is 3.40. The van der Waals surface area contributed by atoms with Crippen LogP contribution >= 0.6 is 12.2 Å². The molecular formula is C20H20N4S. The normalized spacial score (nSPS) is 19.9. The van der Waals surface area contributed by atoms with Gasteiger partial charge in [0, 0.05) is 30.8 Å². The van der Waals surface area contributed by atoms with Gasteiger partial charge in [-0.3, -0.25) is 4.98 Å². The Bertz CT molecular complexity index is 860. The van der Waals surface area contributed by atoms with Gasteiger partial charge in [-0.25, -0.2) is 0 Å². The van der Waals surface area contributed by atoms with E-state index in [1.165, 1.54) is 5.56 Å². The number of benzene rings is 1. The minimum atomic E-state index is 0.0558. The van der Waals surface area contributed by atoms with E-state index >= 15 is 0 Å². The fraction of sp³-hybridized carbons (Fsp3) is 0.200. The van der Waals surface area contributed by atoms with Crippen LogP contribution in [0.15, 0.2) is 73.2 Å². The molecule has 4 nitrogen and oxygen atoms in total. The van der Waals surface area contributed by atoms with Gasteiger partial charge in [-0.05, 0) is 55.0 Å². The van der Waals surface area contributed by atoms with Crippen LogP contribution in [0.3, 0.4) is 0 Å². The Morgan fingerprint density at radius 2 is 1.88 bits per heavy atom. The maximum absolute atomic E-state index is 5.57. The zero-order valence-electron chi connectivity index (χ0n) is 14.0. The van der Waals surface area contributed by atoms with E-state index in [1.54, 1.807) is 0 Å². The lowest BCUT2D eigenvalue weighted by atomic mass is 9.99. The van der Waals surface area contributed by atoms with E-state index in [9.17, 15) is 0 Å². The van der Waals surface area contributed by atoms with Gasteiger partial charge >= 0.3 is 0 Å². The molecule has 126 valence electrons. The van der Waals surface area contributed by atoms with Gasteiger partial charge in [-0.15, -0.1) is 0 Å². The maximum Gasteiger partial charge on any atom is 0.170 e. The first-order chi connectivity index (χ1) is 12.3. The molecule has 1 saturated heterocycles. The van der Waals surface area contributed by atoms with Gasteiger partial charge in [0.1, 0.15) is 0 Å². The summed E-state index contributed by atoms with van der Waals surface area (Å²) in [5.74, 6) is 0. The van der Waals surface area contributed by atoms with Gasteiger partial charge in [-0.2, -0.15) is 0 Å². The van der Waals surface area contributed by atoms with Crippen LogP contribution < -0.4 is 5.32 Å². The second-order valence-electron chi connectivity index (χ2n) is 6.10. The lowest BCUT2D eigenvalue weighted by Gasteiger charge is -2.25. The van der Waals surface area contributed by atoms with Crippen LogP contribution in [0.1, 0.15) is 30.3 Å². The molecule has 0 spiro atoms. The molecule has 1 N–H and O–H groups in total. The second-order valence-corrected chi connectivity index (χ2v) is 6.49. The van der Waals surface area contributed by atoms with Crippen molar-refractivity contribution in [2.45, 2.75) is 19.0 Å². The van der Waals surface area contributed by atoms with Crippen molar-refractivity contribution in [3.8, 4) is 5.69 Å². The van der Waals surface area contributed by atoms with E-state index < -0.39 is 0 Å². The highest BCUT2D eigenvalue weighted by molar-refractivity contribution is 7.80. The Labute approximate surface area is 153 Å². The van der Waals surface area contributed by atoms with Crippen LogP contribution in [0.4, 0.5) is 0 Å². The number of hydrogen-bond donors (Lipinski definition) is 1. The number of pyridine rings is 1. The van der Waals surface area contributed by atoms with E-state index in [0.717, 1.165) is 23.0 Å². The van der Waals surface area contributed by atoms with Gasteiger partial charge in [0.15, 0.2) is 5.11 Å². The molecular weight excluding hydrogens is 328 g/mol. The van der Waals surface area contributed by atoms with E-state index in [1.807, 2.05) is 24.4 Å². The second kappa shape index (κ2) is 6.69. The minimum Gasteiger partial charge on any atom is -0.352 e. The fourth-order valence-corrected chi connectivity index (χ4v) is 3.83. The molecule has 0 amide bonds. The van der Waals surface area contributed by atoms with Gasteiger partial charge in [-0.1, -0.05) is 24.3 Å². The first kappa shape index (κ1) is 15.8. The van der Waals surface area contributed by atoms with Crippen LogP contribution in [0, 0.1) is 0 Å². The van der Waals surface area contributed by atoms with E-state index in [2.05, 4.69) is 75.5 Å². The molecule has 25 heavy (non-hydrogen) atoms. The van der Waals surface area contributed by atoms with E-state index in [0.29, 0.717) is 0 Å². The largest absolute Gasteiger partial charge is 0.352 e. The van der Waals surface area contributed by atoms with Crippen molar-refractivity contribution in [3.63, 3.8) is 0 Å². The van der Waals surface area contributed by atoms with Crippen LogP contribution in [0.25, 0.3) is 5.69 Å². The van der Waals surface area contributed by atoms with Crippen molar-refractivity contribution in [3.05, 3.63) is 84.4 Å². The number of nitrogens with one attached hydrogen (secondary N) is 1. The third kappa shape index (κ3) is 2.91. The van der Waals surface area contributed by atoms with Crippen molar-refractivity contribution in [1.82, 2.24) is 19.8 Å². The first-order valence-corrected chi connectivity index (χ1v) is 8.90. The zero-order chi connectivity index (χ0) is 17.2. The SMILES string of the molecule is CCN1C(=S)N[C@@H](c2ccccn2)[C@H]1c1ccn(-c2ccccc2)c1. The number of nitrogens with zero attached hydrogens (tertiary/aromatic N) is 3. The third-order valence-electron chi connectivity index (χ3n) is 4.65. The molecule has 0 aliphatic carbocycles. The predicted octanol–water partition coefficient (Wildman–Crippen LogP) is 3.86. The minimum absolute atomic E-state index is 0.0558.